The lowest BCUT2D eigenvalue weighted by atomic mass is 10.1. The molecule has 0 aliphatic rings. The van der Waals surface area contributed by atoms with Crippen LogP contribution in [0.25, 0.3) is 0 Å². The van der Waals surface area contributed by atoms with Crippen molar-refractivity contribution in [2.45, 2.75) is 47.2 Å². The first kappa shape index (κ1) is 23.3. The molecular formula is C23H34N4O3. The maximum absolute atomic E-state index is 5.74. The van der Waals surface area contributed by atoms with E-state index in [-0.39, 0.29) is 6.04 Å². The summed E-state index contributed by atoms with van der Waals surface area (Å²) in [6.45, 7) is 11.7. The molecule has 0 radical (unpaired) electrons. The maximum Gasteiger partial charge on any atom is 0.191 e. The third-order valence-electron chi connectivity index (χ3n) is 4.82. The first-order valence-electron chi connectivity index (χ1n) is 10.3. The van der Waals surface area contributed by atoms with Gasteiger partial charge in [0.1, 0.15) is 5.75 Å². The Morgan fingerprint density at radius 2 is 1.83 bits per heavy atom. The molecule has 164 valence electrons. The third kappa shape index (κ3) is 5.78. The van der Waals surface area contributed by atoms with Gasteiger partial charge in [-0.25, -0.2) is 0 Å². The van der Waals surface area contributed by atoms with Crippen molar-refractivity contribution < 1.29 is 14.2 Å². The zero-order valence-electron chi connectivity index (χ0n) is 19.1. The van der Waals surface area contributed by atoms with E-state index in [0.29, 0.717) is 25.7 Å². The Labute approximate surface area is 179 Å². The molecule has 0 aliphatic heterocycles. The number of nitrogens with zero attached hydrogens (tertiary/aromatic N) is 2. The largest absolute Gasteiger partial charge is 0.496 e. The monoisotopic (exact) mass is 414 g/mol. The van der Waals surface area contributed by atoms with Crippen molar-refractivity contribution in [1.29, 1.82) is 0 Å². The number of methoxy groups -OCH3 is 1. The molecule has 2 rings (SSSR count). The van der Waals surface area contributed by atoms with E-state index in [1.54, 1.807) is 14.2 Å². The van der Waals surface area contributed by atoms with E-state index in [2.05, 4.69) is 27.5 Å². The summed E-state index contributed by atoms with van der Waals surface area (Å²) in [6.07, 6.45) is 1.83. The van der Waals surface area contributed by atoms with Gasteiger partial charge in [0.2, 0.25) is 0 Å². The SMILES string of the molecule is CCOc1ccc(C(C)NC(=NC)NCc2ncc(C)c(OC)c2C)cc1OCC. The van der Waals surface area contributed by atoms with Crippen LogP contribution in [0.2, 0.25) is 0 Å². The molecule has 30 heavy (non-hydrogen) atoms. The second kappa shape index (κ2) is 11.3. The number of pyridine rings is 1. The van der Waals surface area contributed by atoms with E-state index in [9.17, 15) is 0 Å². The van der Waals surface area contributed by atoms with Crippen LogP contribution < -0.4 is 24.8 Å². The van der Waals surface area contributed by atoms with Gasteiger partial charge < -0.3 is 24.8 Å². The fourth-order valence-corrected chi connectivity index (χ4v) is 3.24. The Bertz CT molecular complexity index is 868. The van der Waals surface area contributed by atoms with Gasteiger partial charge in [0.25, 0.3) is 0 Å². The molecule has 2 aromatic rings. The summed E-state index contributed by atoms with van der Waals surface area (Å²) in [6, 6.07) is 6.02. The fraction of sp³-hybridized carbons (Fsp3) is 0.478. The van der Waals surface area contributed by atoms with Crippen LogP contribution in [-0.2, 0) is 6.54 Å². The predicted octanol–water partition coefficient (Wildman–Crippen LogP) is 3.93. The Morgan fingerprint density at radius 1 is 1.13 bits per heavy atom. The Morgan fingerprint density at radius 3 is 2.47 bits per heavy atom. The Balaban J connectivity index is 2.08. The van der Waals surface area contributed by atoms with Crippen LogP contribution in [0.4, 0.5) is 0 Å². The van der Waals surface area contributed by atoms with Gasteiger partial charge in [0.15, 0.2) is 17.5 Å². The molecule has 0 saturated carbocycles. The third-order valence-corrected chi connectivity index (χ3v) is 4.82. The van der Waals surface area contributed by atoms with Crippen LogP contribution in [0.3, 0.4) is 0 Å². The number of guanidine groups is 1. The second-order valence-electron chi connectivity index (χ2n) is 6.91. The van der Waals surface area contributed by atoms with Gasteiger partial charge in [0, 0.05) is 24.4 Å². The van der Waals surface area contributed by atoms with Crippen molar-refractivity contribution in [2.24, 2.45) is 4.99 Å². The van der Waals surface area contributed by atoms with Gasteiger partial charge in [-0.2, -0.15) is 0 Å². The summed E-state index contributed by atoms with van der Waals surface area (Å²) in [5, 5.41) is 6.75. The normalized spacial score (nSPS) is 12.3. The molecule has 0 bridgehead atoms. The number of hydrogen-bond donors (Lipinski definition) is 2. The van der Waals surface area contributed by atoms with E-state index in [4.69, 9.17) is 14.2 Å². The molecule has 1 aromatic heterocycles. The Hall–Kier alpha value is -2.96. The van der Waals surface area contributed by atoms with Crippen LogP contribution >= 0.6 is 0 Å². The molecular weight excluding hydrogens is 380 g/mol. The number of hydrogen-bond acceptors (Lipinski definition) is 5. The van der Waals surface area contributed by atoms with E-state index in [1.165, 1.54) is 0 Å². The summed E-state index contributed by atoms with van der Waals surface area (Å²) < 4.78 is 16.9. The lowest BCUT2D eigenvalue weighted by Gasteiger charge is -2.20. The van der Waals surface area contributed by atoms with Gasteiger partial charge in [0.05, 0.1) is 38.6 Å². The van der Waals surface area contributed by atoms with Gasteiger partial charge in [-0.3, -0.25) is 9.98 Å². The minimum atomic E-state index is 0.0210. The highest BCUT2D eigenvalue weighted by molar-refractivity contribution is 5.80. The highest BCUT2D eigenvalue weighted by Gasteiger charge is 2.14. The number of benzene rings is 1. The first-order chi connectivity index (χ1) is 14.4. The van der Waals surface area contributed by atoms with E-state index >= 15 is 0 Å². The van der Waals surface area contributed by atoms with E-state index < -0.39 is 0 Å². The topological polar surface area (TPSA) is 77.0 Å². The maximum atomic E-state index is 5.74. The van der Waals surface area contributed by atoms with Gasteiger partial charge in [-0.15, -0.1) is 0 Å². The average Bonchev–Trinajstić information content (AvgIpc) is 2.74. The highest BCUT2D eigenvalue weighted by Crippen LogP contribution is 2.30. The molecule has 1 heterocycles. The van der Waals surface area contributed by atoms with Gasteiger partial charge >= 0.3 is 0 Å². The standard InChI is InChI=1S/C23H34N4O3/c1-8-29-20-11-10-18(12-21(20)30-9-2)17(5)27-23(24-6)26-14-19-16(4)22(28-7)15(3)13-25-19/h10-13,17H,8-9,14H2,1-7H3,(H2,24,26,27). The fourth-order valence-electron chi connectivity index (χ4n) is 3.24. The molecule has 0 amide bonds. The van der Waals surface area contributed by atoms with Crippen molar-refractivity contribution >= 4 is 5.96 Å². The molecule has 7 heteroatoms. The molecule has 2 N–H and O–H groups in total. The molecule has 0 saturated heterocycles. The number of aryl methyl sites for hydroxylation is 1. The van der Waals surface area contributed by atoms with E-state index in [1.807, 2.05) is 52.1 Å². The molecule has 0 fully saturated rings. The van der Waals surface area contributed by atoms with Crippen LogP contribution in [-0.4, -0.2) is 38.3 Å². The number of nitrogens with one attached hydrogen (secondary N) is 2. The van der Waals surface area contributed by atoms with Gasteiger partial charge in [-0.1, -0.05) is 6.07 Å². The van der Waals surface area contributed by atoms with Crippen molar-refractivity contribution in [3.63, 3.8) is 0 Å². The minimum absolute atomic E-state index is 0.0210. The predicted molar refractivity (Wildman–Crippen MR) is 121 cm³/mol. The minimum Gasteiger partial charge on any atom is -0.496 e. The number of aliphatic imine (C=N–C) groups is 1. The Kier molecular flexibility index (Phi) is 8.77. The summed E-state index contributed by atoms with van der Waals surface area (Å²) in [5.74, 6) is 3.07. The second-order valence-corrected chi connectivity index (χ2v) is 6.91. The zero-order valence-corrected chi connectivity index (χ0v) is 19.1. The van der Waals surface area contributed by atoms with Crippen LogP contribution in [0.1, 0.15) is 49.2 Å². The smallest absolute Gasteiger partial charge is 0.191 e. The molecule has 1 aromatic carbocycles. The summed E-state index contributed by atoms with van der Waals surface area (Å²) in [7, 11) is 3.43. The molecule has 1 unspecified atom stereocenters. The molecule has 1 atom stereocenters. The van der Waals surface area contributed by atoms with Crippen molar-refractivity contribution in [3.05, 3.63) is 46.8 Å². The lowest BCUT2D eigenvalue weighted by Crippen LogP contribution is -2.38. The quantitative estimate of drug-likeness (QED) is 0.478. The summed E-state index contributed by atoms with van der Waals surface area (Å²) in [5.41, 5.74) is 4.06. The summed E-state index contributed by atoms with van der Waals surface area (Å²) in [4.78, 5) is 8.88. The van der Waals surface area contributed by atoms with Crippen molar-refractivity contribution in [2.75, 3.05) is 27.4 Å². The first-order valence-corrected chi connectivity index (χ1v) is 10.3. The summed E-state index contributed by atoms with van der Waals surface area (Å²) >= 11 is 0. The zero-order chi connectivity index (χ0) is 22.1. The average molecular weight is 415 g/mol. The van der Waals surface area contributed by atoms with Crippen molar-refractivity contribution in [1.82, 2.24) is 15.6 Å². The molecule has 0 aliphatic carbocycles. The number of rotatable bonds is 9. The highest BCUT2D eigenvalue weighted by atomic mass is 16.5. The van der Waals surface area contributed by atoms with Crippen LogP contribution in [0, 0.1) is 13.8 Å². The number of aromatic nitrogens is 1. The van der Waals surface area contributed by atoms with E-state index in [0.717, 1.165) is 39.6 Å². The van der Waals surface area contributed by atoms with Gasteiger partial charge in [-0.05, 0) is 52.3 Å². The molecule has 7 nitrogen and oxygen atoms in total. The molecule has 0 spiro atoms. The number of ether oxygens (including phenoxy) is 3. The van der Waals surface area contributed by atoms with Crippen LogP contribution in [0.15, 0.2) is 29.4 Å². The van der Waals surface area contributed by atoms with Crippen molar-refractivity contribution in [3.8, 4) is 17.2 Å². The lowest BCUT2D eigenvalue weighted by molar-refractivity contribution is 0.287. The van der Waals surface area contributed by atoms with Crippen LogP contribution in [0.5, 0.6) is 17.2 Å².